The lowest BCUT2D eigenvalue weighted by molar-refractivity contribution is 0.0894. The first-order valence-electron chi connectivity index (χ1n) is 9.94. The summed E-state index contributed by atoms with van der Waals surface area (Å²) < 4.78 is 7.25. The van der Waals surface area contributed by atoms with E-state index in [1.54, 1.807) is 0 Å². The van der Waals surface area contributed by atoms with Crippen LogP contribution in [0.15, 0.2) is 0 Å². The van der Waals surface area contributed by atoms with Crippen molar-refractivity contribution in [3.8, 4) is 0 Å². The maximum Gasteiger partial charge on any atom is 0.199 e. The van der Waals surface area contributed by atoms with Crippen molar-refractivity contribution in [3.05, 3.63) is 0 Å². The Bertz CT molecular complexity index is 396. The molecule has 2 aliphatic rings. The van der Waals surface area contributed by atoms with Gasteiger partial charge in [-0.3, -0.25) is 0 Å². The molecule has 2 radical (unpaired) electrons. The smallest absolute Gasteiger partial charge is 0.199 e. The van der Waals surface area contributed by atoms with Crippen LogP contribution in [-0.4, -0.2) is 36.1 Å². The zero-order valence-corrected chi connectivity index (χ0v) is 18.3. The van der Waals surface area contributed by atoms with E-state index in [9.17, 15) is 0 Å². The summed E-state index contributed by atoms with van der Waals surface area (Å²) in [6.45, 7) is 13.3. The number of nitrogens with one attached hydrogen (secondary N) is 1. The number of rotatable bonds is 11. The van der Waals surface area contributed by atoms with Crippen LogP contribution in [0.1, 0.15) is 65.7 Å². The zero-order chi connectivity index (χ0) is 17.2. The molecule has 0 aromatic rings. The molecule has 2 aliphatic heterocycles. The van der Waals surface area contributed by atoms with Gasteiger partial charge in [-0.1, -0.05) is 45.8 Å². The SMILES string of the molecule is [B]NCCCC12CC[Si]1(OC(C)(CC)[Si](C)(C)CCCC)CC2. The molecule has 0 saturated carbocycles. The summed E-state index contributed by atoms with van der Waals surface area (Å²) in [5.74, 6) is 0. The van der Waals surface area contributed by atoms with Gasteiger partial charge in [0.1, 0.15) is 0 Å². The summed E-state index contributed by atoms with van der Waals surface area (Å²) in [5, 5.41) is 3.64. The lowest BCUT2D eigenvalue weighted by atomic mass is 9.92. The standard InChI is InChI=1S/C18H38BNOSi2/c1-6-8-14-22(4,5)17(3,7-2)21-23-15-11-18(23,12-16-23)10-9-13-20-19/h20H,6-16H2,1-5H3. The van der Waals surface area contributed by atoms with E-state index in [-0.39, 0.29) is 5.22 Å². The van der Waals surface area contributed by atoms with Gasteiger partial charge in [-0.05, 0) is 62.7 Å². The van der Waals surface area contributed by atoms with Crippen LogP contribution in [0.3, 0.4) is 0 Å². The monoisotopic (exact) mass is 351 g/mol. The molecule has 23 heavy (non-hydrogen) atoms. The summed E-state index contributed by atoms with van der Waals surface area (Å²) >= 11 is 0. The Morgan fingerprint density at radius 1 is 1.22 bits per heavy atom. The van der Waals surface area contributed by atoms with Crippen LogP contribution < -0.4 is 5.23 Å². The van der Waals surface area contributed by atoms with Gasteiger partial charge in [0.15, 0.2) is 16.3 Å². The highest BCUT2D eigenvalue weighted by Crippen LogP contribution is 2.73. The molecule has 0 aliphatic carbocycles. The summed E-state index contributed by atoms with van der Waals surface area (Å²) in [6.07, 6.45) is 9.31. The Morgan fingerprint density at radius 3 is 2.30 bits per heavy atom. The van der Waals surface area contributed by atoms with E-state index in [4.69, 9.17) is 12.4 Å². The average Bonchev–Trinajstić information content (AvgIpc) is 2.53. The molecule has 2 nitrogen and oxygen atoms in total. The molecule has 1 unspecified atom stereocenters. The van der Waals surface area contributed by atoms with E-state index in [0.717, 1.165) is 6.54 Å². The van der Waals surface area contributed by atoms with Crippen LogP contribution in [-0.2, 0) is 4.43 Å². The number of hydrogen-bond donors (Lipinski definition) is 1. The molecule has 2 heterocycles. The molecule has 0 aromatic carbocycles. The Labute approximate surface area is 148 Å². The van der Waals surface area contributed by atoms with Crippen molar-refractivity contribution in [3.63, 3.8) is 0 Å². The fourth-order valence-electron chi connectivity index (χ4n) is 4.98. The number of hydrogen-bond acceptors (Lipinski definition) is 2. The predicted molar refractivity (Wildman–Crippen MR) is 107 cm³/mol. The van der Waals surface area contributed by atoms with E-state index in [1.165, 1.54) is 63.1 Å². The third kappa shape index (κ3) is 3.40. The summed E-state index contributed by atoms with van der Waals surface area (Å²) in [6, 6.07) is 4.27. The van der Waals surface area contributed by atoms with Crippen LogP contribution in [0.5, 0.6) is 0 Å². The van der Waals surface area contributed by atoms with Crippen molar-refractivity contribution in [2.45, 2.75) is 107 Å². The van der Waals surface area contributed by atoms with Gasteiger partial charge >= 0.3 is 0 Å². The normalized spacial score (nSPS) is 32.6. The van der Waals surface area contributed by atoms with Gasteiger partial charge in [0, 0.05) is 5.22 Å². The van der Waals surface area contributed by atoms with Gasteiger partial charge < -0.3 is 9.65 Å². The predicted octanol–water partition coefficient (Wildman–Crippen LogP) is 5.17. The highest BCUT2D eigenvalue weighted by molar-refractivity contribution is 6.85. The first kappa shape index (κ1) is 19.7. The van der Waals surface area contributed by atoms with Gasteiger partial charge in [-0.25, -0.2) is 0 Å². The first-order chi connectivity index (χ1) is 10.8. The van der Waals surface area contributed by atoms with Gasteiger partial charge in [0.2, 0.25) is 0 Å². The molecular weight excluding hydrogens is 313 g/mol. The minimum atomic E-state index is -1.46. The van der Waals surface area contributed by atoms with Crippen LogP contribution >= 0.6 is 0 Å². The first-order valence-corrected chi connectivity index (χ1v) is 15.5. The second kappa shape index (κ2) is 7.35. The molecule has 5 heteroatoms. The fraction of sp³-hybridized carbons (Fsp3) is 1.00. The minimum absolute atomic E-state index is 0.187. The maximum atomic E-state index is 7.25. The lowest BCUT2D eigenvalue weighted by Crippen LogP contribution is -2.71. The third-order valence-electron chi connectivity index (χ3n) is 7.64. The molecule has 2 rings (SSSR count). The van der Waals surface area contributed by atoms with Crippen molar-refractivity contribution in [1.82, 2.24) is 5.23 Å². The fourth-order valence-corrected chi connectivity index (χ4v) is 14.7. The Kier molecular flexibility index (Phi) is 6.30. The van der Waals surface area contributed by atoms with E-state index in [0.29, 0.717) is 5.04 Å². The molecule has 2 saturated heterocycles. The Balaban J connectivity index is 2.06. The third-order valence-corrected chi connectivity index (χ3v) is 18.4. The average molecular weight is 351 g/mol. The largest absolute Gasteiger partial charge is 0.414 e. The summed E-state index contributed by atoms with van der Waals surface area (Å²) in [4.78, 5) is 0. The number of unbranched alkanes of at least 4 members (excludes halogenated alkanes) is 1. The van der Waals surface area contributed by atoms with Crippen LogP contribution in [0, 0.1) is 0 Å². The van der Waals surface area contributed by atoms with Gasteiger partial charge in [0.25, 0.3) is 0 Å². The molecular formula is C18H38BNOSi2. The zero-order valence-electron chi connectivity index (χ0n) is 16.3. The van der Waals surface area contributed by atoms with Crippen molar-refractivity contribution in [2.75, 3.05) is 6.54 Å². The maximum absolute atomic E-state index is 7.25. The van der Waals surface area contributed by atoms with Crippen molar-refractivity contribution >= 4 is 24.4 Å². The quantitative estimate of drug-likeness (QED) is 0.410. The topological polar surface area (TPSA) is 21.3 Å². The molecule has 1 atom stereocenters. The molecule has 0 aromatic heterocycles. The molecule has 0 amide bonds. The molecule has 0 spiro atoms. The highest BCUT2D eigenvalue weighted by atomic mass is 28.4. The van der Waals surface area contributed by atoms with Crippen LogP contribution in [0.25, 0.3) is 0 Å². The van der Waals surface area contributed by atoms with Gasteiger partial charge in [-0.15, -0.1) is 0 Å². The molecule has 0 bridgehead atoms. The van der Waals surface area contributed by atoms with Gasteiger partial charge in [0.05, 0.1) is 8.07 Å². The number of fused-ring (bicyclic) bond motifs is 1. The molecule has 1 N–H and O–H groups in total. The van der Waals surface area contributed by atoms with E-state index < -0.39 is 16.4 Å². The van der Waals surface area contributed by atoms with Crippen LogP contribution in [0.4, 0.5) is 0 Å². The second-order valence-electron chi connectivity index (χ2n) is 9.01. The van der Waals surface area contributed by atoms with E-state index in [2.05, 4.69) is 39.1 Å². The Hall–Kier alpha value is 0.419. The second-order valence-corrected chi connectivity index (χ2v) is 18.6. The minimum Gasteiger partial charge on any atom is -0.414 e. The molecule has 132 valence electrons. The lowest BCUT2D eigenvalue weighted by Gasteiger charge is -2.69. The van der Waals surface area contributed by atoms with Gasteiger partial charge in [-0.2, -0.15) is 0 Å². The summed E-state index contributed by atoms with van der Waals surface area (Å²) in [7, 11) is 2.65. The Morgan fingerprint density at radius 2 is 1.87 bits per heavy atom. The van der Waals surface area contributed by atoms with Crippen molar-refractivity contribution < 1.29 is 4.43 Å². The van der Waals surface area contributed by atoms with Crippen molar-refractivity contribution in [2.24, 2.45) is 0 Å². The highest BCUT2D eigenvalue weighted by Gasteiger charge is 2.70. The van der Waals surface area contributed by atoms with E-state index >= 15 is 0 Å². The van der Waals surface area contributed by atoms with Crippen molar-refractivity contribution in [1.29, 1.82) is 0 Å². The van der Waals surface area contributed by atoms with Crippen LogP contribution in [0.2, 0.25) is 36.3 Å². The van der Waals surface area contributed by atoms with E-state index in [1.807, 2.05) is 0 Å². The molecule has 2 fully saturated rings. The summed E-state index contributed by atoms with van der Waals surface area (Å²) in [5.41, 5.74) is 0.